The van der Waals surface area contributed by atoms with Gasteiger partial charge in [0, 0.05) is 44.2 Å². The minimum Gasteiger partial charge on any atom is -0.351 e. The Hall–Kier alpha value is -2.05. The van der Waals surface area contributed by atoms with Gasteiger partial charge in [-0.05, 0) is 26.2 Å². The van der Waals surface area contributed by atoms with Crippen molar-refractivity contribution in [2.75, 3.05) is 13.1 Å². The van der Waals surface area contributed by atoms with Crippen LogP contribution >= 0.6 is 0 Å². The van der Waals surface area contributed by atoms with Gasteiger partial charge in [-0.2, -0.15) is 0 Å². The molecule has 1 aromatic rings. The molecule has 7 nitrogen and oxygen atoms in total. The van der Waals surface area contributed by atoms with Crippen molar-refractivity contribution in [2.24, 2.45) is 11.7 Å². The van der Waals surface area contributed by atoms with Gasteiger partial charge in [0.05, 0.1) is 5.69 Å². The summed E-state index contributed by atoms with van der Waals surface area (Å²) in [6, 6.07) is -0.225. The standard InChI is InChI=1S/C15H23N5O2/c1-10-8-20-9-12(2-3-13(20)17-10)18-14(21)11-4-6-19(7-5-11)15(16)22/h8,11-12H,2-7,9H2,1H3,(H2,16,22)(H,18,21)/t12-/m0/s1. The van der Waals surface area contributed by atoms with Gasteiger partial charge in [0.2, 0.25) is 5.91 Å². The highest BCUT2D eigenvalue weighted by Crippen LogP contribution is 2.19. The molecule has 22 heavy (non-hydrogen) atoms. The first-order valence-corrected chi connectivity index (χ1v) is 7.90. The molecular weight excluding hydrogens is 282 g/mol. The average molecular weight is 305 g/mol. The molecule has 0 saturated carbocycles. The number of rotatable bonds is 2. The maximum absolute atomic E-state index is 12.4. The zero-order valence-electron chi connectivity index (χ0n) is 12.9. The van der Waals surface area contributed by atoms with Crippen molar-refractivity contribution < 1.29 is 9.59 Å². The quantitative estimate of drug-likeness (QED) is 0.829. The molecule has 7 heteroatoms. The van der Waals surface area contributed by atoms with E-state index in [2.05, 4.69) is 14.9 Å². The van der Waals surface area contributed by atoms with Crippen molar-refractivity contribution in [1.82, 2.24) is 19.8 Å². The Kier molecular flexibility index (Phi) is 4.04. The molecule has 1 aromatic heterocycles. The molecule has 3 heterocycles. The third-order valence-corrected chi connectivity index (χ3v) is 4.64. The van der Waals surface area contributed by atoms with E-state index >= 15 is 0 Å². The summed E-state index contributed by atoms with van der Waals surface area (Å²) in [5.74, 6) is 1.20. The van der Waals surface area contributed by atoms with Gasteiger partial charge in [-0.15, -0.1) is 0 Å². The van der Waals surface area contributed by atoms with Gasteiger partial charge in [-0.25, -0.2) is 9.78 Å². The number of aromatic nitrogens is 2. The molecule has 0 aliphatic carbocycles. The molecule has 1 fully saturated rings. The maximum Gasteiger partial charge on any atom is 0.314 e. The lowest BCUT2D eigenvalue weighted by Crippen LogP contribution is -2.48. The summed E-state index contributed by atoms with van der Waals surface area (Å²) in [6.07, 6.45) is 5.26. The molecule has 3 rings (SSSR count). The molecular formula is C15H23N5O2. The molecule has 3 amide bonds. The molecule has 0 aromatic carbocycles. The third kappa shape index (κ3) is 3.08. The molecule has 3 N–H and O–H groups in total. The van der Waals surface area contributed by atoms with Crippen LogP contribution in [0.25, 0.3) is 0 Å². The van der Waals surface area contributed by atoms with E-state index in [0.29, 0.717) is 25.9 Å². The van der Waals surface area contributed by atoms with Gasteiger partial charge in [-0.3, -0.25) is 4.79 Å². The third-order valence-electron chi connectivity index (χ3n) is 4.64. The number of nitrogens with two attached hydrogens (primary N) is 1. The number of nitrogens with zero attached hydrogens (tertiary/aromatic N) is 3. The molecule has 1 saturated heterocycles. The van der Waals surface area contributed by atoms with Crippen LogP contribution in [-0.4, -0.2) is 45.5 Å². The van der Waals surface area contributed by atoms with Crippen LogP contribution in [0.4, 0.5) is 4.79 Å². The number of amides is 3. The predicted molar refractivity (Wildman–Crippen MR) is 81.1 cm³/mol. The number of fused-ring (bicyclic) bond motifs is 1. The fourth-order valence-corrected chi connectivity index (χ4v) is 3.39. The fraction of sp³-hybridized carbons (Fsp3) is 0.667. The molecule has 0 radical (unpaired) electrons. The number of primary amides is 1. The Labute approximate surface area is 129 Å². The van der Waals surface area contributed by atoms with Crippen molar-refractivity contribution >= 4 is 11.9 Å². The van der Waals surface area contributed by atoms with Crippen LogP contribution in [0.15, 0.2) is 6.20 Å². The highest BCUT2D eigenvalue weighted by atomic mass is 16.2. The van der Waals surface area contributed by atoms with E-state index < -0.39 is 6.03 Å². The second-order valence-corrected chi connectivity index (χ2v) is 6.29. The van der Waals surface area contributed by atoms with E-state index in [9.17, 15) is 9.59 Å². The van der Waals surface area contributed by atoms with Crippen molar-refractivity contribution in [3.8, 4) is 0 Å². The maximum atomic E-state index is 12.4. The van der Waals surface area contributed by atoms with Crippen molar-refractivity contribution in [3.05, 3.63) is 17.7 Å². The van der Waals surface area contributed by atoms with Gasteiger partial charge in [0.15, 0.2) is 0 Å². The molecule has 1 atom stereocenters. The number of hydrogen-bond acceptors (Lipinski definition) is 3. The average Bonchev–Trinajstić information content (AvgIpc) is 2.86. The van der Waals surface area contributed by atoms with Gasteiger partial charge < -0.3 is 20.5 Å². The summed E-state index contributed by atoms with van der Waals surface area (Å²) < 4.78 is 2.14. The largest absolute Gasteiger partial charge is 0.351 e. The number of carbonyl (C=O) groups is 2. The van der Waals surface area contributed by atoms with E-state index in [1.165, 1.54) is 0 Å². The van der Waals surface area contributed by atoms with E-state index in [4.69, 9.17) is 5.73 Å². The van der Waals surface area contributed by atoms with E-state index in [1.807, 2.05) is 13.1 Å². The summed E-state index contributed by atoms with van der Waals surface area (Å²) in [6.45, 7) is 3.93. The first kappa shape index (κ1) is 14.9. The molecule has 2 aliphatic heterocycles. The number of carbonyl (C=O) groups excluding carboxylic acids is 2. The van der Waals surface area contributed by atoms with E-state index in [-0.39, 0.29) is 17.9 Å². The van der Waals surface area contributed by atoms with E-state index in [1.54, 1.807) is 4.90 Å². The van der Waals surface area contributed by atoms with Crippen LogP contribution < -0.4 is 11.1 Å². The first-order chi connectivity index (χ1) is 10.5. The zero-order chi connectivity index (χ0) is 15.7. The molecule has 2 aliphatic rings. The van der Waals surface area contributed by atoms with Crippen LogP contribution in [0.1, 0.15) is 30.8 Å². The SMILES string of the molecule is Cc1cn2c(n1)CC[C@H](NC(=O)C1CCN(C(N)=O)CC1)C2. The second kappa shape index (κ2) is 5.98. The van der Waals surface area contributed by atoms with Gasteiger partial charge in [-0.1, -0.05) is 0 Å². The Morgan fingerprint density at radius 2 is 2.05 bits per heavy atom. The van der Waals surface area contributed by atoms with Gasteiger partial charge >= 0.3 is 6.03 Å². The fourth-order valence-electron chi connectivity index (χ4n) is 3.39. The number of aryl methyl sites for hydroxylation is 2. The van der Waals surface area contributed by atoms with Crippen LogP contribution in [-0.2, 0) is 17.8 Å². The lowest BCUT2D eigenvalue weighted by Gasteiger charge is -2.32. The highest BCUT2D eigenvalue weighted by Gasteiger charge is 2.29. The van der Waals surface area contributed by atoms with Crippen LogP contribution in [0, 0.1) is 12.8 Å². The Balaban J connectivity index is 1.52. The number of imidazole rings is 1. The van der Waals surface area contributed by atoms with Crippen molar-refractivity contribution in [2.45, 2.75) is 45.2 Å². The zero-order valence-corrected chi connectivity index (χ0v) is 12.9. The predicted octanol–water partition coefficient (Wildman–Crippen LogP) is 0.413. The molecule has 0 bridgehead atoms. The minimum absolute atomic E-state index is 0.0125. The van der Waals surface area contributed by atoms with Gasteiger partial charge in [0.1, 0.15) is 5.82 Å². The number of nitrogens with one attached hydrogen (secondary N) is 1. The first-order valence-electron chi connectivity index (χ1n) is 7.90. The number of likely N-dealkylation sites (tertiary alicyclic amines) is 1. The van der Waals surface area contributed by atoms with Crippen molar-refractivity contribution in [3.63, 3.8) is 0 Å². The number of hydrogen-bond donors (Lipinski definition) is 2. The molecule has 0 spiro atoms. The lowest BCUT2D eigenvalue weighted by atomic mass is 9.95. The monoisotopic (exact) mass is 305 g/mol. The Morgan fingerprint density at radius 1 is 1.32 bits per heavy atom. The van der Waals surface area contributed by atoms with Gasteiger partial charge in [0.25, 0.3) is 0 Å². The normalized spacial score (nSPS) is 22.2. The minimum atomic E-state index is -0.394. The lowest BCUT2D eigenvalue weighted by molar-refractivity contribution is -0.127. The van der Waals surface area contributed by atoms with Crippen molar-refractivity contribution in [1.29, 1.82) is 0 Å². The van der Waals surface area contributed by atoms with E-state index in [0.717, 1.165) is 30.9 Å². The molecule has 0 unspecified atom stereocenters. The summed E-state index contributed by atoms with van der Waals surface area (Å²) in [5.41, 5.74) is 6.29. The number of piperidine rings is 1. The summed E-state index contributed by atoms with van der Waals surface area (Å²) >= 11 is 0. The summed E-state index contributed by atoms with van der Waals surface area (Å²) in [7, 11) is 0. The summed E-state index contributed by atoms with van der Waals surface area (Å²) in [5, 5.41) is 3.16. The smallest absolute Gasteiger partial charge is 0.314 e. The highest BCUT2D eigenvalue weighted by molar-refractivity contribution is 5.79. The Bertz CT molecular complexity index is 574. The summed E-state index contributed by atoms with van der Waals surface area (Å²) in [4.78, 5) is 29.6. The second-order valence-electron chi connectivity index (χ2n) is 6.29. The van der Waals surface area contributed by atoms with Crippen LogP contribution in [0.5, 0.6) is 0 Å². The van der Waals surface area contributed by atoms with Crippen LogP contribution in [0.3, 0.4) is 0 Å². The van der Waals surface area contributed by atoms with Crippen LogP contribution in [0.2, 0.25) is 0 Å². The topological polar surface area (TPSA) is 93.2 Å². The number of urea groups is 1. The molecule has 120 valence electrons. The Morgan fingerprint density at radius 3 is 2.73 bits per heavy atom.